The van der Waals surface area contributed by atoms with Crippen LogP contribution in [0.15, 0.2) is 186 Å². The smallest absolute Gasteiger partial charge is 0.0253 e. The van der Waals surface area contributed by atoms with Crippen LogP contribution in [0.25, 0.3) is 33.9 Å². The van der Waals surface area contributed by atoms with E-state index in [0.717, 1.165) is 25.7 Å². The maximum atomic E-state index is 2.59. The van der Waals surface area contributed by atoms with E-state index in [1.165, 1.54) is 72.4 Å². The second-order valence-corrected chi connectivity index (χ2v) is 15.0. The Morgan fingerprint density at radius 2 is 1.50 bits per heavy atom. The van der Waals surface area contributed by atoms with Crippen molar-refractivity contribution in [3.05, 3.63) is 214 Å². The van der Waals surface area contributed by atoms with Gasteiger partial charge in [0.05, 0.1) is 0 Å². The Balaban J connectivity index is 1.28. The van der Waals surface area contributed by atoms with Crippen molar-refractivity contribution in [3.63, 3.8) is 0 Å². The molecule has 0 heterocycles. The molecule has 0 amide bonds. The summed E-state index contributed by atoms with van der Waals surface area (Å²) in [7, 11) is 0. The van der Waals surface area contributed by atoms with Crippen LogP contribution in [-0.4, -0.2) is 0 Å². The van der Waals surface area contributed by atoms with Gasteiger partial charge in [-0.25, -0.2) is 0 Å². The van der Waals surface area contributed by atoms with Crippen LogP contribution in [0, 0.1) is 5.92 Å². The first-order chi connectivity index (χ1) is 25.7. The molecule has 0 aromatic heterocycles. The van der Waals surface area contributed by atoms with E-state index in [2.05, 4.69) is 184 Å². The quantitative estimate of drug-likeness (QED) is 0.184. The third kappa shape index (κ3) is 5.81. The Morgan fingerprint density at radius 3 is 2.27 bits per heavy atom. The second kappa shape index (κ2) is 13.9. The summed E-state index contributed by atoms with van der Waals surface area (Å²) in [6.07, 6.45) is 35.2. The number of allylic oxidation sites excluding steroid dienone is 17. The van der Waals surface area contributed by atoms with Crippen LogP contribution in [0.5, 0.6) is 0 Å². The molecule has 0 saturated heterocycles. The molecule has 0 saturated carbocycles. The molecule has 0 N–H and O–H groups in total. The Hall–Kier alpha value is -5.46. The SMILES string of the molecule is CC/C(C)=C\C1=CC(C2C=CC=CC2)=C2C(c3ccc(-c4cc(C5=CCCC=C5)cc(-c5ccccc5)c4)c4c3[C@@H]2C=CC=C4)C1c1ccccc1. The van der Waals surface area contributed by atoms with Crippen LogP contribution in [0.3, 0.4) is 0 Å². The Kier molecular flexibility index (Phi) is 8.69. The molecule has 0 fully saturated rings. The van der Waals surface area contributed by atoms with E-state index in [0.29, 0.717) is 5.92 Å². The molecule has 3 unspecified atom stereocenters. The van der Waals surface area contributed by atoms with Gasteiger partial charge in [-0.15, -0.1) is 0 Å². The Morgan fingerprint density at radius 1 is 0.712 bits per heavy atom. The van der Waals surface area contributed by atoms with E-state index in [9.17, 15) is 0 Å². The molecular formula is C52H46. The fourth-order valence-corrected chi connectivity index (χ4v) is 9.28. The molecule has 254 valence electrons. The average molecular weight is 671 g/mol. The van der Waals surface area contributed by atoms with Gasteiger partial charge in [-0.1, -0.05) is 164 Å². The number of fused-ring (bicyclic) bond motifs is 3. The maximum absolute atomic E-state index is 2.59. The molecule has 0 heteroatoms. The first-order valence-electron chi connectivity index (χ1n) is 19.3. The van der Waals surface area contributed by atoms with E-state index in [1.54, 1.807) is 5.57 Å². The fourth-order valence-electron chi connectivity index (χ4n) is 9.28. The zero-order valence-corrected chi connectivity index (χ0v) is 30.3. The number of rotatable bonds is 7. The molecule has 0 nitrogen and oxygen atoms in total. The highest BCUT2D eigenvalue weighted by Crippen LogP contribution is 2.61. The summed E-state index contributed by atoms with van der Waals surface area (Å²) in [6.45, 7) is 4.57. The van der Waals surface area contributed by atoms with Gasteiger partial charge in [0.2, 0.25) is 0 Å². The van der Waals surface area contributed by atoms with Gasteiger partial charge in [-0.05, 0) is 123 Å². The number of hydrogen-bond donors (Lipinski definition) is 0. The van der Waals surface area contributed by atoms with E-state index < -0.39 is 0 Å². The molecule has 5 aliphatic carbocycles. The minimum absolute atomic E-state index is 0.222. The molecule has 4 aromatic carbocycles. The van der Waals surface area contributed by atoms with Crippen LogP contribution in [0.1, 0.15) is 85.1 Å². The molecular weight excluding hydrogens is 625 g/mol. The van der Waals surface area contributed by atoms with Gasteiger partial charge < -0.3 is 0 Å². The van der Waals surface area contributed by atoms with E-state index in [-0.39, 0.29) is 17.8 Å². The van der Waals surface area contributed by atoms with Crippen LogP contribution in [0.2, 0.25) is 0 Å². The fraction of sp³-hybridized carbons (Fsp3) is 0.192. The average Bonchev–Trinajstić information content (AvgIpc) is 3.37. The number of benzene rings is 4. The van der Waals surface area contributed by atoms with Crippen LogP contribution in [0.4, 0.5) is 0 Å². The molecule has 0 spiro atoms. The Bertz CT molecular complexity index is 2310. The van der Waals surface area contributed by atoms with Crippen molar-refractivity contribution < 1.29 is 0 Å². The lowest BCUT2D eigenvalue weighted by Gasteiger charge is -2.36. The minimum Gasteiger partial charge on any atom is -0.0836 e. The highest BCUT2D eigenvalue weighted by Gasteiger charge is 2.46. The van der Waals surface area contributed by atoms with E-state index in [1.807, 2.05) is 0 Å². The van der Waals surface area contributed by atoms with Crippen molar-refractivity contribution in [3.8, 4) is 22.3 Å². The van der Waals surface area contributed by atoms with Crippen molar-refractivity contribution in [1.29, 1.82) is 0 Å². The lowest BCUT2D eigenvalue weighted by molar-refractivity contribution is 0.638. The summed E-state index contributed by atoms with van der Waals surface area (Å²) < 4.78 is 0. The number of hydrogen-bond acceptors (Lipinski definition) is 0. The zero-order chi connectivity index (χ0) is 35.0. The van der Waals surface area contributed by atoms with Gasteiger partial charge in [-0.2, -0.15) is 0 Å². The van der Waals surface area contributed by atoms with Gasteiger partial charge in [0.1, 0.15) is 0 Å². The summed E-state index contributed by atoms with van der Waals surface area (Å²) in [6, 6.07) is 34.4. The van der Waals surface area contributed by atoms with Crippen molar-refractivity contribution in [2.24, 2.45) is 5.92 Å². The molecule has 9 rings (SSSR count). The van der Waals surface area contributed by atoms with Gasteiger partial charge in [0, 0.05) is 23.7 Å². The van der Waals surface area contributed by atoms with Crippen LogP contribution in [-0.2, 0) is 0 Å². The third-order valence-electron chi connectivity index (χ3n) is 11.9. The molecule has 0 aliphatic heterocycles. The summed E-state index contributed by atoms with van der Waals surface area (Å²) in [5.41, 5.74) is 19.5. The van der Waals surface area contributed by atoms with Gasteiger partial charge >= 0.3 is 0 Å². The first-order valence-corrected chi connectivity index (χ1v) is 19.3. The van der Waals surface area contributed by atoms with Crippen molar-refractivity contribution in [1.82, 2.24) is 0 Å². The van der Waals surface area contributed by atoms with Crippen molar-refractivity contribution in [2.75, 3.05) is 0 Å². The monoisotopic (exact) mass is 670 g/mol. The lowest BCUT2D eigenvalue weighted by Crippen LogP contribution is -2.21. The third-order valence-corrected chi connectivity index (χ3v) is 11.9. The van der Waals surface area contributed by atoms with E-state index in [4.69, 9.17) is 0 Å². The summed E-state index contributed by atoms with van der Waals surface area (Å²) >= 11 is 0. The van der Waals surface area contributed by atoms with Gasteiger partial charge in [-0.3, -0.25) is 0 Å². The predicted molar refractivity (Wildman–Crippen MR) is 222 cm³/mol. The standard InChI is InChI=1S/C52H46/c1-3-35(2)30-43-34-48(38-22-12-6-13-23-38)51-46-27-17-16-26-45-44(28-29-47(50(45)46)52(51)49(43)39-24-14-7-15-25-39)42-32-40(36-18-8-4-9-19-36)31-41(33-42)37-20-10-5-11-21-37/h4,6-10,12-22,24-34,38,46,49,52H,3,5,11,23H2,1-2H3/b35-30-/t38?,46-,49?,52?/m0/s1. The van der Waals surface area contributed by atoms with Crippen molar-refractivity contribution in [2.45, 2.75) is 57.3 Å². The van der Waals surface area contributed by atoms with E-state index >= 15 is 0 Å². The highest BCUT2D eigenvalue weighted by molar-refractivity contribution is 5.88. The first kappa shape index (κ1) is 32.4. The van der Waals surface area contributed by atoms with Crippen molar-refractivity contribution >= 4 is 11.6 Å². The topological polar surface area (TPSA) is 0 Å². The molecule has 0 bridgehead atoms. The minimum atomic E-state index is 0.222. The largest absolute Gasteiger partial charge is 0.0836 e. The predicted octanol–water partition coefficient (Wildman–Crippen LogP) is 14.0. The molecule has 0 radical (unpaired) electrons. The van der Waals surface area contributed by atoms with Gasteiger partial charge in [0.25, 0.3) is 0 Å². The normalized spacial score (nSPS) is 22.9. The summed E-state index contributed by atoms with van der Waals surface area (Å²) in [5, 5.41) is 0. The lowest BCUT2D eigenvalue weighted by atomic mass is 9.67. The maximum Gasteiger partial charge on any atom is 0.0253 e. The van der Waals surface area contributed by atoms with Crippen LogP contribution < -0.4 is 0 Å². The Labute approximate surface area is 310 Å². The molecule has 5 aliphatic rings. The van der Waals surface area contributed by atoms with Gasteiger partial charge in [0.15, 0.2) is 0 Å². The van der Waals surface area contributed by atoms with Crippen LogP contribution >= 0.6 is 0 Å². The summed E-state index contributed by atoms with van der Waals surface area (Å²) in [4.78, 5) is 0. The molecule has 4 atom stereocenters. The molecule has 52 heavy (non-hydrogen) atoms. The summed E-state index contributed by atoms with van der Waals surface area (Å²) in [5.74, 6) is 1.11. The zero-order valence-electron chi connectivity index (χ0n) is 30.3. The highest BCUT2D eigenvalue weighted by atomic mass is 14.5. The molecule has 4 aromatic rings. The second-order valence-electron chi connectivity index (χ2n) is 15.0.